The molecule has 2 aliphatic heterocycles. The number of imidazole rings is 1. The zero-order valence-corrected chi connectivity index (χ0v) is 22.9. The number of likely N-dealkylation sites (tertiary alicyclic amines) is 1. The van der Waals surface area contributed by atoms with Crippen molar-refractivity contribution in [2.45, 2.75) is 87.6 Å². The van der Waals surface area contributed by atoms with Crippen LogP contribution >= 0.6 is 11.8 Å². The summed E-state index contributed by atoms with van der Waals surface area (Å²) in [6.45, 7) is 4.27. The smallest absolute Gasteiger partial charge is 0.210 e. The van der Waals surface area contributed by atoms with Gasteiger partial charge in [0.25, 0.3) is 0 Å². The van der Waals surface area contributed by atoms with E-state index in [9.17, 15) is 9.59 Å². The van der Waals surface area contributed by atoms with Crippen LogP contribution in [-0.2, 0) is 14.3 Å². The minimum absolute atomic E-state index is 0.0331. The van der Waals surface area contributed by atoms with Gasteiger partial charge in [0.2, 0.25) is 5.78 Å². The number of ketones is 2. The van der Waals surface area contributed by atoms with Gasteiger partial charge in [-0.1, -0.05) is 12.8 Å². The summed E-state index contributed by atoms with van der Waals surface area (Å²) in [6, 6.07) is 0.543. The van der Waals surface area contributed by atoms with Gasteiger partial charge in [0.05, 0.1) is 30.9 Å². The maximum absolute atomic E-state index is 14.2. The van der Waals surface area contributed by atoms with Crippen LogP contribution in [0.1, 0.15) is 81.4 Å². The van der Waals surface area contributed by atoms with Crippen molar-refractivity contribution < 1.29 is 19.1 Å². The highest BCUT2D eigenvalue weighted by Crippen LogP contribution is 2.56. The molecule has 2 saturated carbocycles. The summed E-state index contributed by atoms with van der Waals surface area (Å²) in [5.41, 5.74) is 0.628. The number of rotatable bonds is 5. The Kier molecular flexibility index (Phi) is 6.66. The second kappa shape index (κ2) is 9.70. The largest absolute Gasteiger partial charge is 0.346 e. The van der Waals surface area contributed by atoms with Crippen LogP contribution in [0.3, 0.4) is 0 Å². The van der Waals surface area contributed by atoms with Crippen LogP contribution in [0.2, 0.25) is 0 Å². The third-order valence-electron chi connectivity index (χ3n) is 9.42. The second-order valence-corrected chi connectivity index (χ2v) is 12.0. The van der Waals surface area contributed by atoms with Gasteiger partial charge in [-0.15, -0.1) is 11.8 Å². The molecule has 0 amide bonds. The third-order valence-corrected chi connectivity index (χ3v) is 10.1. The van der Waals surface area contributed by atoms with Crippen LogP contribution in [0.5, 0.6) is 0 Å². The molecule has 2 aromatic rings. The van der Waals surface area contributed by atoms with Crippen molar-refractivity contribution in [3.8, 4) is 0 Å². The number of thioether (sulfide) groups is 1. The molecular weight excluding hydrogens is 490 g/mol. The number of ether oxygens (including phenoxy) is 2. The van der Waals surface area contributed by atoms with Gasteiger partial charge in [-0.2, -0.15) is 0 Å². The summed E-state index contributed by atoms with van der Waals surface area (Å²) >= 11 is 1.46. The molecule has 2 saturated heterocycles. The highest BCUT2D eigenvalue weighted by Gasteiger charge is 2.63. The molecule has 4 aliphatic rings. The average Bonchev–Trinajstić information content (AvgIpc) is 3.66. The fraction of sp³-hybridized carbons (Fsp3) is 0.741. The Morgan fingerprint density at radius 2 is 1.86 bits per heavy atom. The lowest BCUT2D eigenvalue weighted by Crippen LogP contribution is -2.60. The summed E-state index contributed by atoms with van der Waals surface area (Å²) in [5.74, 6) is -1.83. The lowest BCUT2D eigenvalue weighted by atomic mass is 9.57. The van der Waals surface area contributed by atoms with Crippen molar-refractivity contribution in [2.75, 3.05) is 33.1 Å². The highest BCUT2D eigenvalue weighted by atomic mass is 32.2. The molecule has 0 radical (unpaired) electrons. The van der Waals surface area contributed by atoms with E-state index >= 15 is 0 Å². The van der Waals surface area contributed by atoms with Crippen LogP contribution in [-0.4, -0.2) is 80.9 Å². The number of carbonyl (C=O) groups excluding carboxylic acids is 2. The van der Waals surface area contributed by atoms with E-state index in [0.29, 0.717) is 61.1 Å². The standard InChI is InChI=1S/C27H37N5O4S/c1-17(19-9-7-13-31(19)2)32-16-28-20-24(32)29-23(30-25(20)37-3)21(33)18-8-6-11-26(22(18)34)10-4-5-12-27(26)35-14-15-36-27/h16-19H,4-15H2,1-3H3/t17-,18?,19-,26-/m0/s1. The first-order valence-electron chi connectivity index (χ1n) is 13.8. The van der Waals surface area contributed by atoms with Gasteiger partial charge in [-0.25, -0.2) is 15.0 Å². The van der Waals surface area contributed by atoms with Crippen molar-refractivity contribution in [3.05, 3.63) is 12.2 Å². The van der Waals surface area contributed by atoms with E-state index in [1.54, 1.807) is 0 Å². The number of likely N-dealkylation sites (N-methyl/N-ethyl adjacent to an activating group) is 1. The van der Waals surface area contributed by atoms with Crippen molar-refractivity contribution in [3.63, 3.8) is 0 Å². The van der Waals surface area contributed by atoms with Gasteiger partial charge in [-0.3, -0.25) is 9.59 Å². The number of aromatic nitrogens is 4. The SMILES string of the molecule is CSc1nc(C(=O)C2CCC[C@@]3(CCCCC34OCCO4)C2=O)nc2c1ncn2[C@@H](C)[C@@H]1CCCN1C. The fourth-order valence-electron chi connectivity index (χ4n) is 7.49. The third kappa shape index (κ3) is 3.89. The Bertz CT molecular complexity index is 1210. The molecule has 2 aromatic heterocycles. The summed E-state index contributed by atoms with van der Waals surface area (Å²) < 4.78 is 14.4. The Labute approximate surface area is 222 Å². The topological polar surface area (TPSA) is 99.4 Å². The Balaban J connectivity index is 1.36. The van der Waals surface area contributed by atoms with E-state index in [0.717, 1.165) is 32.2 Å². The first-order valence-corrected chi connectivity index (χ1v) is 15.0. The Morgan fingerprint density at radius 3 is 2.59 bits per heavy atom. The van der Waals surface area contributed by atoms with Crippen LogP contribution in [0.15, 0.2) is 11.4 Å². The van der Waals surface area contributed by atoms with Gasteiger partial charge in [0.15, 0.2) is 23.0 Å². The Hall–Kier alpha value is -1.88. The van der Waals surface area contributed by atoms with Crippen LogP contribution in [0, 0.1) is 11.3 Å². The van der Waals surface area contributed by atoms with Gasteiger partial charge >= 0.3 is 0 Å². The zero-order chi connectivity index (χ0) is 25.8. The van der Waals surface area contributed by atoms with Crippen molar-refractivity contribution in [1.29, 1.82) is 0 Å². The summed E-state index contributed by atoms with van der Waals surface area (Å²) in [6.07, 6.45) is 11.4. The predicted molar refractivity (Wildman–Crippen MR) is 140 cm³/mol. The summed E-state index contributed by atoms with van der Waals surface area (Å²) in [5, 5.41) is 0.675. The van der Waals surface area contributed by atoms with Crippen LogP contribution < -0.4 is 0 Å². The van der Waals surface area contributed by atoms with Gasteiger partial charge in [-0.05, 0) is 65.3 Å². The predicted octanol–water partition coefficient (Wildman–Crippen LogP) is 4.06. The quantitative estimate of drug-likeness (QED) is 0.247. The maximum atomic E-state index is 14.2. The minimum atomic E-state index is -0.877. The van der Waals surface area contributed by atoms with Gasteiger partial charge in [0.1, 0.15) is 10.5 Å². The number of Topliss-reactive ketones (excluding diaryl/α,β-unsaturated/α-hetero) is 2. The Morgan fingerprint density at radius 1 is 1.11 bits per heavy atom. The molecule has 4 fully saturated rings. The van der Waals surface area contributed by atoms with E-state index < -0.39 is 17.1 Å². The molecule has 4 heterocycles. The molecule has 6 rings (SSSR count). The number of carbonyl (C=O) groups is 2. The number of hydrogen-bond donors (Lipinski definition) is 0. The van der Waals surface area contributed by atoms with Crippen LogP contribution in [0.25, 0.3) is 11.2 Å². The van der Waals surface area contributed by atoms with E-state index in [2.05, 4.69) is 33.4 Å². The first kappa shape index (κ1) is 25.4. The first-order chi connectivity index (χ1) is 17.9. The summed E-state index contributed by atoms with van der Waals surface area (Å²) in [7, 11) is 2.16. The van der Waals surface area contributed by atoms with E-state index in [1.165, 1.54) is 18.2 Å². The van der Waals surface area contributed by atoms with Crippen molar-refractivity contribution in [2.24, 2.45) is 11.3 Å². The molecule has 2 aliphatic carbocycles. The molecular formula is C27H37N5O4S. The summed E-state index contributed by atoms with van der Waals surface area (Å²) in [4.78, 5) is 44.6. The van der Waals surface area contributed by atoms with E-state index in [4.69, 9.17) is 14.5 Å². The average molecular weight is 528 g/mol. The molecule has 37 heavy (non-hydrogen) atoms. The molecule has 4 atom stereocenters. The molecule has 0 bridgehead atoms. The molecule has 9 nitrogen and oxygen atoms in total. The number of fused-ring (bicyclic) bond motifs is 2. The number of hydrogen-bond acceptors (Lipinski definition) is 9. The normalized spacial score (nSPS) is 31.1. The van der Waals surface area contributed by atoms with Crippen molar-refractivity contribution >= 4 is 34.5 Å². The molecule has 200 valence electrons. The molecule has 2 spiro atoms. The fourth-order valence-corrected chi connectivity index (χ4v) is 8.00. The van der Waals surface area contributed by atoms with Gasteiger partial charge < -0.3 is 18.9 Å². The molecule has 10 heteroatoms. The van der Waals surface area contributed by atoms with E-state index in [1.807, 2.05) is 12.6 Å². The van der Waals surface area contributed by atoms with E-state index in [-0.39, 0.29) is 23.4 Å². The lowest BCUT2D eigenvalue weighted by molar-refractivity contribution is -0.255. The maximum Gasteiger partial charge on any atom is 0.210 e. The van der Waals surface area contributed by atoms with Gasteiger partial charge in [0, 0.05) is 18.5 Å². The monoisotopic (exact) mass is 527 g/mol. The molecule has 0 aromatic carbocycles. The van der Waals surface area contributed by atoms with Crippen molar-refractivity contribution in [1.82, 2.24) is 24.4 Å². The lowest BCUT2D eigenvalue weighted by Gasteiger charge is -2.51. The minimum Gasteiger partial charge on any atom is -0.346 e. The zero-order valence-electron chi connectivity index (χ0n) is 22.1. The molecule has 0 N–H and O–H groups in total. The number of nitrogens with zero attached hydrogens (tertiary/aromatic N) is 5. The van der Waals surface area contributed by atoms with Crippen LogP contribution in [0.4, 0.5) is 0 Å². The second-order valence-electron chi connectivity index (χ2n) is 11.2. The highest BCUT2D eigenvalue weighted by molar-refractivity contribution is 7.98. The molecule has 1 unspecified atom stereocenters.